The monoisotopic (exact) mass is 452 g/mol. The number of methoxy groups -OCH3 is 1. The van der Waals surface area contributed by atoms with E-state index >= 15 is 0 Å². The molecule has 3 aromatic rings. The Balaban J connectivity index is 1.96. The first kappa shape index (κ1) is 22.7. The maximum absolute atomic E-state index is 12.7. The molecule has 3 aromatic carbocycles. The molecule has 0 unspecified atom stereocenters. The molecule has 0 aliphatic carbocycles. The highest BCUT2D eigenvalue weighted by atomic mass is 32.2. The van der Waals surface area contributed by atoms with E-state index in [9.17, 15) is 18.5 Å². The Morgan fingerprint density at radius 2 is 1.78 bits per heavy atom. The van der Waals surface area contributed by atoms with Gasteiger partial charge in [-0.05, 0) is 48.4 Å². The molecular weight excluding hydrogens is 432 g/mol. The summed E-state index contributed by atoms with van der Waals surface area (Å²) in [4.78, 5) is 14.6. The van der Waals surface area contributed by atoms with Crippen LogP contribution in [0.25, 0.3) is 0 Å². The summed E-state index contributed by atoms with van der Waals surface area (Å²) in [5.74, 6) is 0.290. The van der Waals surface area contributed by atoms with Gasteiger partial charge >= 0.3 is 10.1 Å². The number of ether oxygens (including phenoxy) is 1. The molecule has 0 spiro atoms. The van der Waals surface area contributed by atoms with Crippen LogP contribution in [-0.4, -0.2) is 26.7 Å². The predicted molar refractivity (Wildman–Crippen MR) is 122 cm³/mol. The van der Waals surface area contributed by atoms with Gasteiger partial charge in [0.2, 0.25) is 0 Å². The molecule has 0 aliphatic rings. The Kier molecular flexibility index (Phi) is 7.01. The zero-order valence-corrected chi connectivity index (χ0v) is 18.0. The number of allylic oxidation sites excluding steroid dienone is 1. The summed E-state index contributed by atoms with van der Waals surface area (Å²) in [5, 5.41) is 10.8. The lowest BCUT2D eigenvalue weighted by molar-refractivity contribution is -0.384. The van der Waals surface area contributed by atoms with Crippen LogP contribution in [0.3, 0.4) is 0 Å². The largest absolute Gasteiger partial charge is 0.493 e. The van der Waals surface area contributed by atoms with Gasteiger partial charge in [-0.2, -0.15) is 8.42 Å². The Morgan fingerprint density at radius 1 is 1.09 bits per heavy atom. The van der Waals surface area contributed by atoms with Crippen molar-refractivity contribution in [1.82, 2.24) is 0 Å². The number of aliphatic imine (C=N–C) groups is 1. The van der Waals surface area contributed by atoms with Crippen molar-refractivity contribution in [2.45, 2.75) is 11.3 Å². The minimum Gasteiger partial charge on any atom is -0.493 e. The third-order valence-electron chi connectivity index (χ3n) is 4.39. The molecule has 0 saturated carbocycles. The van der Waals surface area contributed by atoms with Crippen molar-refractivity contribution in [2.75, 3.05) is 7.11 Å². The average molecular weight is 452 g/mol. The molecular formula is C23H20N2O6S. The molecule has 0 radical (unpaired) electrons. The van der Waals surface area contributed by atoms with Crippen LogP contribution < -0.4 is 8.92 Å². The maximum atomic E-state index is 12.7. The third kappa shape index (κ3) is 5.38. The van der Waals surface area contributed by atoms with E-state index in [0.29, 0.717) is 23.2 Å². The van der Waals surface area contributed by atoms with Crippen molar-refractivity contribution in [3.8, 4) is 11.5 Å². The van der Waals surface area contributed by atoms with Gasteiger partial charge in [-0.1, -0.05) is 24.3 Å². The summed E-state index contributed by atoms with van der Waals surface area (Å²) < 4.78 is 36.3. The summed E-state index contributed by atoms with van der Waals surface area (Å²) in [7, 11) is -2.66. The fraction of sp³-hybridized carbons (Fsp3) is 0.0870. The third-order valence-corrected chi connectivity index (χ3v) is 5.62. The van der Waals surface area contributed by atoms with Gasteiger partial charge in [0.05, 0.1) is 17.7 Å². The Morgan fingerprint density at radius 3 is 2.38 bits per heavy atom. The van der Waals surface area contributed by atoms with Gasteiger partial charge in [0.25, 0.3) is 5.69 Å². The quantitative estimate of drug-likeness (QED) is 0.151. The van der Waals surface area contributed by atoms with Gasteiger partial charge < -0.3 is 8.92 Å². The zero-order chi connectivity index (χ0) is 23.1. The van der Waals surface area contributed by atoms with Crippen LogP contribution in [0.5, 0.6) is 11.5 Å². The summed E-state index contributed by atoms with van der Waals surface area (Å²) in [6, 6.07) is 16.9. The topological polar surface area (TPSA) is 108 Å². The lowest BCUT2D eigenvalue weighted by Gasteiger charge is -2.15. The van der Waals surface area contributed by atoms with E-state index in [4.69, 9.17) is 8.92 Å². The van der Waals surface area contributed by atoms with E-state index < -0.39 is 15.0 Å². The van der Waals surface area contributed by atoms with E-state index in [1.54, 1.807) is 42.6 Å². The first-order valence-electron chi connectivity index (χ1n) is 9.44. The standard InChI is InChI=1S/C23H20N2O6S/c1-3-7-18-14-17(16-24-19-10-12-20(13-11-19)25(26)27)15-22(30-2)23(18)31-32(28,29)21-8-5-4-6-9-21/h3-6,8-16H,1,7H2,2H3. The molecule has 9 heteroatoms. The normalized spacial score (nSPS) is 11.3. The molecule has 0 N–H and O–H groups in total. The molecule has 0 bridgehead atoms. The highest BCUT2D eigenvalue weighted by Gasteiger charge is 2.22. The van der Waals surface area contributed by atoms with Crippen molar-refractivity contribution in [3.63, 3.8) is 0 Å². The summed E-state index contributed by atoms with van der Waals surface area (Å²) in [5.41, 5.74) is 1.66. The molecule has 0 saturated heterocycles. The summed E-state index contributed by atoms with van der Waals surface area (Å²) >= 11 is 0. The van der Waals surface area contributed by atoms with Crippen molar-refractivity contribution in [3.05, 3.63) is 101 Å². The van der Waals surface area contributed by atoms with E-state index in [2.05, 4.69) is 11.6 Å². The number of rotatable bonds is 9. The van der Waals surface area contributed by atoms with Crippen molar-refractivity contribution < 1.29 is 22.3 Å². The van der Waals surface area contributed by atoms with Crippen molar-refractivity contribution in [1.29, 1.82) is 0 Å². The van der Waals surface area contributed by atoms with E-state index in [-0.39, 0.29) is 22.1 Å². The predicted octanol–water partition coefficient (Wildman–Crippen LogP) is 4.85. The number of hydrogen-bond acceptors (Lipinski definition) is 7. The highest BCUT2D eigenvalue weighted by molar-refractivity contribution is 7.87. The molecule has 164 valence electrons. The zero-order valence-electron chi connectivity index (χ0n) is 17.2. The second-order valence-electron chi connectivity index (χ2n) is 6.59. The second-order valence-corrected chi connectivity index (χ2v) is 8.13. The minimum absolute atomic E-state index is 0.0235. The first-order valence-corrected chi connectivity index (χ1v) is 10.8. The van der Waals surface area contributed by atoms with Crippen LogP contribution in [0, 0.1) is 10.1 Å². The van der Waals surface area contributed by atoms with E-state index in [1.165, 1.54) is 43.5 Å². The van der Waals surface area contributed by atoms with E-state index in [0.717, 1.165) is 0 Å². The number of hydrogen-bond donors (Lipinski definition) is 0. The molecule has 8 nitrogen and oxygen atoms in total. The van der Waals surface area contributed by atoms with Crippen LogP contribution >= 0.6 is 0 Å². The lowest BCUT2D eigenvalue weighted by Crippen LogP contribution is -2.12. The number of benzene rings is 3. The Labute approximate surface area is 185 Å². The van der Waals surface area contributed by atoms with Crippen molar-refractivity contribution in [2.24, 2.45) is 4.99 Å². The van der Waals surface area contributed by atoms with Gasteiger partial charge in [0.15, 0.2) is 11.5 Å². The first-order chi connectivity index (χ1) is 15.3. The second kappa shape index (κ2) is 9.88. The molecule has 3 rings (SSSR count). The molecule has 32 heavy (non-hydrogen) atoms. The minimum atomic E-state index is -4.07. The SMILES string of the molecule is C=CCc1cc(C=Nc2ccc([N+](=O)[O-])cc2)cc(OC)c1OS(=O)(=O)c1ccccc1. The average Bonchev–Trinajstić information content (AvgIpc) is 2.80. The molecule has 0 aliphatic heterocycles. The van der Waals surface area contributed by atoms with Gasteiger partial charge in [-0.3, -0.25) is 15.1 Å². The maximum Gasteiger partial charge on any atom is 0.339 e. The summed E-state index contributed by atoms with van der Waals surface area (Å²) in [6.45, 7) is 3.72. The Bertz CT molecular complexity index is 1250. The number of nitro benzene ring substituents is 1. The molecule has 0 atom stereocenters. The van der Waals surface area contributed by atoms with Gasteiger partial charge in [-0.15, -0.1) is 6.58 Å². The Hall–Kier alpha value is -3.98. The molecule has 0 amide bonds. The number of nitro groups is 1. The fourth-order valence-corrected chi connectivity index (χ4v) is 3.86. The van der Waals surface area contributed by atoms with Gasteiger partial charge in [-0.25, -0.2) is 0 Å². The smallest absolute Gasteiger partial charge is 0.339 e. The fourth-order valence-electron chi connectivity index (χ4n) is 2.87. The van der Waals surface area contributed by atoms with Crippen LogP contribution in [-0.2, 0) is 16.5 Å². The number of nitrogens with zero attached hydrogens (tertiary/aromatic N) is 2. The summed E-state index contributed by atoms with van der Waals surface area (Å²) in [6.07, 6.45) is 3.50. The molecule has 0 aromatic heterocycles. The van der Waals surface area contributed by atoms with Gasteiger partial charge in [0, 0.05) is 23.9 Å². The van der Waals surface area contributed by atoms with Crippen LogP contribution in [0.1, 0.15) is 11.1 Å². The molecule has 0 fully saturated rings. The highest BCUT2D eigenvalue weighted by Crippen LogP contribution is 2.35. The van der Waals surface area contributed by atoms with Crippen LogP contribution in [0.2, 0.25) is 0 Å². The van der Waals surface area contributed by atoms with Crippen LogP contribution in [0.4, 0.5) is 11.4 Å². The molecule has 0 heterocycles. The van der Waals surface area contributed by atoms with Crippen molar-refractivity contribution >= 4 is 27.7 Å². The number of non-ortho nitro benzene ring substituents is 1. The lowest BCUT2D eigenvalue weighted by atomic mass is 10.1. The van der Waals surface area contributed by atoms with Gasteiger partial charge in [0.1, 0.15) is 4.90 Å². The van der Waals surface area contributed by atoms with E-state index in [1.807, 2.05) is 0 Å². The van der Waals surface area contributed by atoms with Crippen LogP contribution in [0.15, 0.2) is 89.3 Å².